The van der Waals surface area contributed by atoms with Gasteiger partial charge in [-0.1, -0.05) is 48.2 Å². The van der Waals surface area contributed by atoms with Crippen LogP contribution in [0.4, 0.5) is 5.00 Å². The highest BCUT2D eigenvalue weighted by Gasteiger charge is 2.23. The second-order valence-corrected chi connectivity index (χ2v) is 9.19. The van der Waals surface area contributed by atoms with Crippen LogP contribution in [0.15, 0.2) is 70.3 Å². The smallest absolute Gasteiger partial charge is 0.341 e. The van der Waals surface area contributed by atoms with Crippen LogP contribution in [0.25, 0.3) is 22.5 Å². The summed E-state index contributed by atoms with van der Waals surface area (Å²) in [5, 5.41) is 14.3. The minimum Gasteiger partial charge on any atom is -0.469 e. The number of ether oxygens (including phenoxy) is 1. The Morgan fingerprint density at radius 1 is 1.23 bits per heavy atom. The van der Waals surface area contributed by atoms with Crippen molar-refractivity contribution in [2.45, 2.75) is 25.5 Å². The van der Waals surface area contributed by atoms with E-state index < -0.39 is 5.97 Å². The summed E-state index contributed by atoms with van der Waals surface area (Å²) in [6, 6.07) is 11.4. The van der Waals surface area contributed by atoms with Crippen LogP contribution in [0.1, 0.15) is 23.0 Å². The number of nitrogens with zero attached hydrogens (tertiary/aromatic N) is 3. The van der Waals surface area contributed by atoms with Crippen molar-refractivity contribution in [3.05, 3.63) is 72.0 Å². The predicted octanol–water partition coefficient (Wildman–Crippen LogP) is 5.67. The highest BCUT2D eigenvalue weighted by Crippen LogP contribution is 2.36. The number of thiophene rings is 1. The maximum Gasteiger partial charge on any atom is 0.341 e. The minimum absolute atomic E-state index is 0.0838. The molecule has 0 aliphatic rings. The van der Waals surface area contributed by atoms with E-state index in [0.29, 0.717) is 28.1 Å². The van der Waals surface area contributed by atoms with Gasteiger partial charge < -0.3 is 14.5 Å². The Bertz CT molecular complexity index is 1340. The largest absolute Gasteiger partial charge is 0.469 e. The number of nitrogens with one attached hydrogen (secondary N) is 1. The van der Waals surface area contributed by atoms with Crippen LogP contribution in [-0.2, 0) is 16.1 Å². The topological polar surface area (TPSA) is 99.2 Å². The van der Waals surface area contributed by atoms with Gasteiger partial charge in [-0.3, -0.25) is 9.36 Å². The summed E-state index contributed by atoms with van der Waals surface area (Å²) in [5.74, 6) is 0.725. The SMILES string of the molecule is C=CCn1c(SCC(=O)Nc2scc(-c3ccccc3)c2C(=O)OCC)nnc1-c1ccoc1C. The lowest BCUT2D eigenvalue weighted by molar-refractivity contribution is -0.113. The van der Waals surface area contributed by atoms with Gasteiger partial charge in [0.2, 0.25) is 5.91 Å². The number of carbonyl (C=O) groups is 2. The maximum atomic E-state index is 12.9. The number of aromatic nitrogens is 3. The maximum absolute atomic E-state index is 12.9. The molecule has 0 aliphatic carbocycles. The molecule has 3 heterocycles. The van der Waals surface area contributed by atoms with Crippen LogP contribution in [-0.4, -0.2) is 39.0 Å². The summed E-state index contributed by atoms with van der Waals surface area (Å²) in [6.07, 6.45) is 3.35. The van der Waals surface area contributed by atoms with Crippen LogP contribution in [0.5, 0.6) is 0 Å². The molecule has 0 atom stereocenters. The normalized spacial score (nSPS) is 10.8. The van der Waals surface area contributed by atoms with Crippen molar-refractivity contribution >= 4 is 40.0 Å². The number of hydrogen-bond acceptors (Lipinski definition) is 8. The number of esters is 1. The molecular formula is C25H24N4O4S2. The summed E-state index contributed by atoms with van der Waals surface area (Å²) in [6.45, 7) is 8.14. The summed E-state index contributed by atoms with van der Waals surface area (Å²) in [5.41, 5.74) is 2.79. The first-order valence-corrected chi connectivity index (χ1v) is 12.7. The Balaban J connectivity index is 1.52. The summed E-state index contributed by atoms with van der Waals surface area (Å²) in [4.78, 5) is 25.6. The zero-order chi connectivity index (χ0) is 24.8. The molecule has 180 valence electrons. The first-order chi connectivity index (χ1) is 17.0. The van der Waals surface area contributed by atoms with Crippen molar-refractivity contribution in [1.82, 2.24) is 14.8 Å². The average Bonchev–Trinajstić information content (AvgIpc) is 3.57. The summed E-state index contributed by atoms with van der Waals surface area (Å²) < 4.78 is 12.5. The molecule has 0 saturated heterocycles. The van der Waals surface area contributed by atoms with Gasteiger partial charge in [0, 0.05) is 17.5 Å². The molecule has 3 aromatic heterocycles. The first-order valence-electron chi connectivity index (χ1n) is 10.9. The Morgan fingerprint density at radius 3 is 2.71 bits per heavy atom. The van der Waals surface area contributed by atoms with E-state index in [1.165, 1.54) is 23.1 Å². The van der Waals surface area contributed by atoms with Gasteiger partial charge in [-0.05, 0) is 25.5 Å². The predicted molar refractivity (Wildman–Crippen MR) is 138 cm³/mol. The van der Waals surface area contributed by atoms with Crippen LogP contribution in [0.2, 0.25) is 0 Å². The van der Waals surface area contributed by atoms with Gasteiger partial charge in [0.05, 0.1) is 24.2 Å². The van der Waals surface area contributed by atoms with Gasteiger partial charge in [0.15, 0.2) is 11.0 Å². The third kappa shape index (κ3) is 5.39. The molecule has 0 fully saturated rings. The van der Waals surface area contributed by atoms with Crippen molar-refractivity contribution in [3.8, 4) is 22.5 Å². The van der Waals surface area contributed by atoms with Crippen molar-refractivity contribution in [1.29, 1.82) is 0 Å². The lowest BCUT2D eigenvalue weighted by Crippen LogP contribution is -2.17. The number of hydrogen-bond donors (Lipinski definition) is 1. The molecule has 0 bridgehead atoms. The minimum atomic E-state index is -0.471. The fourth-order valence-corrected chi connectivity index (χ4v) is 5.21. The standard InChI is InChI=1S/C25H24N4O4S2/c1-4-12-29-22(18-11-13-33-16(18)3)27-28-25(29)35-15-20(30)26-23-21(24(31)32-5-2)19(14-34-23)17-9-7-6-8-10-17/h4,6-11,13-14H,1,5,12,15H2,2-3H3,(H,26,30). The van der Waals surface area contributed by atoms with Crippen LogP contribution in [0.3, 0.4) is 0 Å². The lowest BCUT2D eigenvalue weighted by atomic mass is 10.0. The van der Waals surface area contributed by atoms with E-state index in [-0.39, 0.29) is 18.3 Å². The quantitative estimate of drug-likeness (QED) is 0.167. The second kappa shape index (κ2) is 11.2. The monoisotopic (exact) mass is 508 g/mol. The molecule has 0 saturated carbocycles. The highest BCUT2D eigenvalue weighted by atomic mass is 32.2. The molecule has 1 aromatic carbocycles. The van der Waals surface area contributed by atoms with Crippen LogP contribution >= 0.6 is 23.1 Å². The molecule has 4 aromatic rings. The van der Waals surface area contributed by atoms with Gasteiger partial charge in [0.1, 0.15) is 16.3 Å². The first kappa shape index (κ1) is 24.5. The van der Waals surface area contributed by atoms with E-state index >= 15 is 0 Å². The highest BCUT2D eigenvalue weighted by molar-refractivity contribution is 7.99. The van der Waals surface area contributed by atoms with Gasteiger partial charge in [-0.15, -0.1) is 28.1 Å². The van der Waals surface area contributed by atoms with Gasteiger partial charge in [-0.2, -0.15) is 0 Å². The third-order valence-electron chi connectivity index (χ3n) is 5.07. The number of carbonyl (C=O) groups excluding carboxylic acids is 2. The van der Waals surface area contributed by atoms with E-state index in [1.807, 2.05) is 53.3 Å². The zero-order valence-electron chi connectivity index (χ0n) is 19.3. The molecule has 0 spiro atoms. The molecule has 35 heavy (non-hydrogen) atoms. The number of anilines is 1. The number of benzene rings is 1. The molecular weight excluding hydrogens is 484 g/mol. The Hall–Kier alpha value is -3.63. The fourth-order valence-electron chi connectivity index (χ4n) is 3.48. The Morgan fingerprint density at radius 2 is 2.03 bits per heavy atom. The fraction of sp³-hybridized carbons (Fsp3) is 0.200. The van der Waals surface area contributed by atoms with E-state index in [4.69, 9.17) is 9.15 Å². The van der Waals surface area contributed by atoms with E-state index in [1.54, 1.807) is 19.3 Å². The molecule has 0 radical (unpaired) electrons. The zero-order valence-corrected chi connectivity index (χ0v) is 20.9. The van der Waals surface area contributed by atoms with E-state index in [2.05, 4.69) is 22.1 Å². The van der Waals surface area contributed by atoms with E-state index in [0.717, 1.165) is 22.5 Å². The molecule has 0 aliphatic heterocycles. The van der Waals surface area contributed by atoms with Crippen molar-refractivity contribution in [2.24, 2.45) is 0 Å². The molecule has 1 N–H and O–H groups in total. The number of aryl methyl sites for hydroxylation is 1. The van der Waals surface area contributed by atoms with Crippen molar-refractivity contribution in [3.63, 3.8) is 0 Å². The van der Waals surface area contributed by atoms with Crippen molar-refractivity contribution in [2.75, 3.05) is 17.7 Å². The number of furan rings is 1. The number of rotatable bonds is 10. The molecule has 8 nitrogen and oxygen atoms in total. The van der Waals surface area contributed by atoms with E-state index in [9.17, 15) is 9.59 Å². The Kier molecular flexibility index (Phi) is 7.84. The number of allylic oxidation sites excluding steroid dienone is 1. The summed E-state index contributed by atoms with van der Waals surface area (Å²) >= 11 is 2.54. The summed E-state index contributed by atoms with van der Waals surface area (Å²) in [7, 11) is 0. The van der Waals surface area contributed by atoms with Gasteiger partial charge in [0.25, 0.3) is 0 Å². The van der Waals surface area contributed by atoms with Gasteiger partial charge >= 0.3 is 5.97 Å². The Labute approximate surface area is 211 Å². The van der Waals surface area contributed by atoms with Crippen LogP contribution < -0.4 is 5.32 Å². The number of thioether (sulfide) groups is 1. The number of amides is 1. The lowest BCUT2D eigenvalue weighted by Gasteiger charge is -2.09. The second-order valence-electron chi connectivity index (χ2n) is 7.37. The molecule has 10 heteroatoms. The van der Waals surface area contributed by atoms with Crippen molar-refractivity contribution < 1.29 is 18.7 Å². The molecule has 0 unspecified atom stereocenters. The molecule has 1 amide bonds. The average molecular weight is 509 g/mol. The van der Waals surface area contributed by atoms with Crippen LogP contribution in [0, 0.1) is 6.92 Å². The molecule has 4 rings (SSSR count). The van der Waals surface area contributed by atoms with Gasteiger partial charge in [-0.25, -0.2) is 4.79 Å². The third-order valence-corrected chi connectivity index (χ3v) is 6.93.